The summed E-state index contributed by atoms with van der Waals surface area (Å²) >= 11 is 6.20. The number of alkyl halides is 3. The molecule has 0 bridgehead atoms. The third kappa shape index (κ3) is 5.80. The molecule has 1 aromatic heterocycles. The summed E-state index contributed by atoms with van der Waals surface area (Å²) in [6, 6.07) is 21.6. The number of fused-ring (bicyclic) bond motifs is 1. The van der Waals surface area contributed by atoms with E-state index < -0.39 is 22.2 Å². The van der Waals surface area contributed by atoms with Crippen molar-refractivity contribution in [1.29, 1.82) is 0 Å². The van der Waals surface area contributed by atoms with Crippen LogP contribution in [-0.4, -0.2) is 20.8 Å². The Labute approximate surface area is 235 Å². The van der Waals surface area contributed by atoms with E-state index in [4.69, 9.17) is 16.3 Å². The number of nitro groups is 1. The lowest BCUT2D eigenvalue weighted by Gasteiger charge is -2.13. The zero-order valence-electron chi connectivity index (χ0n) is 20.9. The molecule has 5 aromatic rings. The summed E-state index contributed by atoms with van der Waals surface area (Å²) in [6.07, 6.45) is -3.47. The average Bonchev–Trinajstić information content (AvgIpc) is 2.96. The fourth-order valence-electron chi connectivity index (χ4n) is 4.08. The minimum absolute atomic E-state index is 0.00550. The molecule has 1 heterocycles. The summed E-state index contributed by atoms with van der Waals surface area (Å²) in [7, 11) is 0. The Morgan fingerprint density at radius 1 is 1.00 bits per heavy atom. The molecule has 0 spiro atoms. The van der Waals surface area contributed by atoms with E-state index in [1.807, 2.05) is 0 Å². The molecule has 8 nitrogen and oxygen atoms in total. The smallest absolute Gasteiger partial charge is 0.416 e. The molecule has 0 N–H and O–H groups in total. The fourth-order valence-corrected chi connectivity index (χ4v) is 4.27. The molecule has 0 aliphatic heterocycles. The number of benzene rings is 4. The average molecular weight is 579 g/mol. The standard InChI is InChI=1S/C29H18ClF3N4O4/c30-23-12-3-1-7-20(23)17-41-26-19(9-6-14-25(26)37(39)40)16-34-36-27(18-8-5-10-21(15-18)29(31,32)33)35-24-13-4-2-11-22(24)28(36)38/h1-16H,17H2. The second-order valence-electron chi connectivity index (χ2n) is 8.73. The van der Waals surface area contributed by atoms with E-state index in [1.165, 1.54) is 36.4 Å². The number of nitro benzene ring substituents is 1. The number of aromatic nitrogens is 2. The van der Waals surface area contributed by atoms with E-state index in [2.05, 4.69) is 10.1 Å². The number of ether oxygens (including phenoxy) is 1. The van der Waals surface area contributed by atoms with Crippen molar-refractivity contribution in [2.75, 3.05) is 0 Å². The number of hydrogen-bond acceptors (Lipinski definition) is 6. The van der Waals surface area contributed by atoms with Crippen LogP contribution in [0.25, 0.3) is 22.3 Å². The molecule has 0 amide bonds. The van der Waals surface area contributed by atoms with Crippen LogP contribution in [-0.2, 0) is 12.8 Å². The van der Waals surface area contributed by atoms with Crippen molar-refractivity contribution >= 4 is 34.4 Å². The molecular weight excluding hydrogens is 561 g/mol. The molecule has 0 aliphatic rings. The molecule has 0 atom stereocenters. The first-order chi connectivity index (χ1) is 19.6. The van der Waals surface area contributed by atoms with Gasteiger partial charge in [0.25, 0.3) is 5.56 Å². The lowest BCUT2D eigenvalue weighted by molar-refractivity contribution is -0.385. The van der Waals surface area contributed by atoms with Gasteiger partial charge in [-0.1, -0.05) is 60.1 Å². The topological polar surface area (TPSA) is 99.6 Å². The van der Waals surface area contributed by atoms with Crippen molar-refractivity contribution in [2.24, 2.45) is 5.10 Å². The van der Waals surface area contributed by atoms with Crippen molar-refractivity contribution in [2.45, 2.75) is 12.8 Å². The molecule has 12 heteroatoms. The second-order valence-corrected chi connectivity index (χ2v) is 9.13. The van der Waals surface area contributed by atoms with Crippen LogP contribution in [0, 0.1) is 10.1 Å². The van der Waals surface area contributed by atoms with E-state index in [1.54, 1.807) is 42.5 Å². The van der Waals surface area contributed by atoms with Crippen molar-refractivity contribution in [3.63, 3.8) is 0 Å². The monoisotopic (exact) mass is 578 g/mol. The molecule has 41 heavy (non-hydrogen) atoms. The van der Waals surface area contributed by atoms with E-state index in [-0.39, 0.29) is 45.9 Å². The van der Waals surface area contributed by atoms with Crippen molar-refractivity contribution in [3.8, 4) is 17.1 Å². The molecule has 0 saturated heterocycles. The van der Waals surface area contributed by atoms with Gasteiger partial charge >= 0.3 is 11.9 Å². The lowest BCUT2D eigenvalue weighted by atomic mass is 10.1. The van der Waals surface area contributed by atoms with Crippen LogP contribution in [0.2, 0.25) is 5.02 Å². The van der Waals surface area contributed by atoms with Crippen LogP contribution in [0.5, 0.6) is 5.75 Å². The van der Waals surface area contributed by atoms with Crippen molar-refractivity contribution < 1.29 is 22.8 Å². The Balaban J connectivity index is 1.64. The minimum Gasteiger partial charge on any atom is -0.481 e. The first kappa shape index (κ1) is 27.5. The summed E-state index contributed by atoms with van der Waals surface area (Å²) in [6.45, 7) is -0.0989. The summed E-state index contributed by atoms with van der Waals surface area (Å²) < 4.78 is 47.0. The predicted octanol–water partition coefficient (Wildman–Crippen LogP) is 7.11. The van der Waals surface area contributed by atoms with Crippen LogP contribution < -0.4 is 10.3 Å². The highest BCUT2D eigenvalue weighted by atomic mass is 35.5. The maximum absolute atomic E-state index is 13.5. The van der Waals surface area contributed by atoms with Gasteiger partial charge in [-0.25, -0.2) is 4.98 Å². The van der Waals surface area contributed by atoms with Gasteiger partial charge in [0.2, 0.25) is 5.75 Å². The van der Waals surface area contributed by atoms with Crippen molar-refractivity contribution in [3.05, 3.63) is 133 Å². The Morgan fingerprint density at radius 2 is 1.73 bits per heavy atom. The first-order valence-electron chi connectivity index (χ1n) is 12.0. The highest BCUT2D eigenvalue weighted by Crippen LogP contribution is 2.33. The third-order valence-corrected chi connectivity index (χ3v) is 6.43. The maximum Gasteiger partial charge on any atom is 0.416 e. The molecule has 0 fully saturated rings. The van der Waals surface area contributed by atoms with Crippen LogP contribution >= 0.6 is 11.6 Å². The van der Waals surface area contributed by atoms with Gasteiger partial charge in [0, 0.05) is 27.8 Å². The Morgan fingerprint density at radius 3 is 2.49 bits per heavy atom. The molecular formula is C29H18ClF3N4O4. The van der Waals surface area contributed by atoms with Gasteiger partial charge in [0.15, 0.2) is 5.82 Å². The molecule has 206 valence electrons. The molecule has 0 aliphatic carbocycles. The molecule has 0 saturated carbocycles. The predicted molar refractivity (Wildman–Crippen MR) is 148 cm³/mol. The van der Waals surface area contributed by atoms with Gasteiger partial charge in [0.1, 0.15) is 6.61 Å². The highest BCUT2D eigenvalue weighted by molar-refractivity contribution is 6.31. The van der Waals surface area contributed by atoms with Crippen molar-refractivity contribution in [1.82, 2.24) is 9.66 Å². The Bertz CT molecular complexity index is 1870. The summed E-state index contributed by atoms with van der Waals surface area (Å²) in [5.74, 6) is -0.288. The fraction of sp³-hybridized carbons (Fsp3) is 0.0690. The van der Waals surface area contributed by atoms with Crippen LogP contribution in [0.4, 0.5) is 18.9 Å². The molecule has 0 radical (unpaired) electrons. The van der Waals surface area contributed by atoms with Gasteiger partial charge in [0.05, 0.1) is 27.6 Å². The first-order valence-corrected chi connectivity index (χ1v) is 12.4. The van der Waals surface area contributed by atoms with E-state index >= 15 is 0 Å². The Hall–Kier alpha value is -5.03. The minimum atomic E-state index is -4.63. The number of rotatable bonds is 7. The van der Waals surface area contributed by atoms with Crippen LogP contribution in [0.1, 0.15) is 16.7 Å². The Kier molecular flexibility index (Phi) is 7.54. The van der Waals surface area contributed by atoms with Gasteiger partial charge < -0.3 is 4.74 Å². The van der Waals surface area contributed by atoms with E-state index in [0.29, 0.717) is 10.6 Å². The molecule has 0 unspecified atom stereocenters. The number of nitrogens with zero attached hydrogens (tertiary/aromatic N) is 4. The summed E-state index contributed by atoms with van der Waals surface area (Å²) in [4.78, 5) is 29.0. The maximum atomic E-state index is 13.5. The quantitative estimate of drug-likeness (QED) is 0.116. The highest BCUT2D eigenvalue weighted by Gasteiger charge is 2.31. The van der Waals surface area contributed by atoms with Gasteiger partial charge in [-0.15, -0.1) is 0 Å². The lowest BCUT2D eigenvalue weighted by Crippen LogP contribution is -2.20. The van der Waals surface area contributed by atoms with Gasteiger partial charge in [-0.2, -0.15) is 22.9 Å². The van der Waals surface area contributed by atoms with E-state index in [9.17, 15) is 28.1 Å². The normalized spacial score (nSPS) is 11.7. The number of para-hydroxylation sites is 2. The zero-order valence-corrected chi connectivity index (χ0v) is 21.6. The van der Waals surface area contributed by atoms with Crippen LogP contribution in [0.3, 0.4) is 0 Å². The largest absolute Gasteiger partial charge is 0.481 e. The third-order valence-electron chi connectivity index (χ3n) is 6.07. The summed E-state index contributed by atoms with van der Waals surface area (Å²) in [5, 5.41) is 16.6. The molecule has 5 rings (SSSR count). The summed E-state index contributed by atoms with van der Waals surface area (Å²) in [5.41, 5.74) is -0.962. The van der Waals surface area contributed by atoms with Gasteiger partial charge in [-0.05, 0) is 36.4 Å². The number of hydrogen-bond donors (Lipinski definition) is 0. The SMILES string of the molecule is O=c1c2ccccc2nc(-c2cccc(C(F)(F)F)c2)n1N=Cc1cccc([N+](=O)[O-])c1OCc1ccccc1Cl. The van der Waals surface area contributed by atoms with Gasteiger partial charge in [-0.3, -0.25) is 14.9 Å². The zero-order chi connectivity index (χ0) is 29.1. The second kappa shape index (κ2) is 11.2. The number of halogens is 4. The van der Waals surface area contributed by atoms with E-state index in [0.717, 1.165) is 23.0 Å². The molecule has 4 aromatic carbocycles. The van der Waals surface area contributed by atoms with Crippen LogP contribution in [0.15, 0.2) is 101 Å².